The molecule has 1 aliphatic rings. The number of rotatable bonds is 1. The average molecular weight is 228 g/mol. The highest BCUT2D eigenvalue weighted by atomic mass is 19.2. The van der Waals surface area contributed by atoms with Gasteiger partial charge in [-0.05, 0) is 0 Å². The van der Waals surface area contributed by atoms with Gasteiger partial charge in [-0.15, -0.1) is 0 Å². The zero-order chi connectivity index (χ0) is 12.0. The standard InChI is InChI=1S/C8H2F2N2O4/c9-4-3(12(15)16)1-2-6(5(4)10)11-8(14)7(2)13/h1H,(H,11,13,14). The minimum absolute atomic E-state index is 0.532. The van der Waals surface area contributed by atoms with E-state index in [2.05, 4.69) is 0 Å². The molecule has 1 heterocycles. The Kier molecular flexibility index (Phi) is 1.94. The topological polar surface area (TPSA) is 89.3 Å². The Hall–Kier alpha value is -2.38. The lowest BCUT2D eigenvalue weighted by molar-refractivity contribution is -0.387. The largest absolute Gasteiger partial charge is 0.316 e. The van der Waals surface area contributed by atoms with E-state index >= 15 is 0 Å². The predicted octanol–water partition coefficient (Wildman–Crippen LogP) is 1.01. The Morgan fingerprint density at radius 3 is 2.44 bits per heavy atom. The van der Waals surface area contributed by atoms with E-state index in [0.717, 1.165) is 0 Å². The van der Waals surface area contributed by atoms with Crippen molar-refractivity contribution in [3.8, 4) is 0 Å². The van der Waals surface area contributed by atoms with Crippen LogP contribution in [0.1, 0.15) is 10.4 Å². The summed E-state index contributed by atoms with van der Waals surface area (Å²) in [6.07, 6.45) is 0. The van der Waals surface area contributed by atoms with E-state index in [9.17, 15) is 28.5 Å². The normalized spacial score (nSPS) is 13.6. The number of benzene rings is 1. The maximum absolute atomic E-state index is 13.2. The third kappa shape index (κ3) is 1.16. The summed E-state index contributed by atoms with van der Waals surface area (Å²) in [5.74, 6) is -5.59. The van der Waals surface area contributed by atoms with Crippen LogP contribution < -0.4 is 5.32 Å². The number of nitrogens with zero attached hydrogens (tertiary/aromatic N) is 1. The Morgan fingerprint density at radius 2 is 1.88 bits per heavy atom. The number of Topliss-reactive ketones (excluding diaryl/α,β-unsaturated/α-hetero) is 1. The van der Waals surface area contributed by atoms with E-state index in [1.807, 2.05) is 0 Å². The van der Waals surface area contributed by atoms with E-state index in [1.165, 1.54) is 0 Å². The molecule has 0 radical (unpaired) electrons. The summed E-state index contributed by atoms with van der Waals surface area (Å²) in [5.41, 5.74) is -2.37. The quantitative estimate of drug-likeness (QED) is 0.441. The molecule has 0 aromatic heterocycles. The summed E-state index contributed by atoms with van der Waals surface area (Å²) < 4.78 is 26.3. The SMILES string of the molecule is O=C1Nc2c(cc([N+](=O)[O-])c(F)c2F)C1=O. The second-order valence-electron chi connectivity index (χ2n) is 2.99. The zero-order valence-corrected chi connectivity index (χ0v) is 7.41. The maximum Gasteiger partial charge on any atom is 0.308 e. The summed E-state index contributed by atoms with van der Waals surface area (Å²) in [4.78, 5) is 31.1. The van der Waals surface area contributed by atoms with Crippen LogP contribution in [0.4, 0.5) is 20.2 Å². The highest BCUT2D eigenvalue weighted by Gasteiger charge is 2.36. The number of amides is 1. The number of hydrogen-bond acceptors (Lipinski definition) is 4. The fourth-order valence-corrected chi connectivity index (χ4v) is 1.34. The molecule has 0 aliphatic carbocycles. The van der Waals surface area contributed by atoms with E-state index in [4.69, 9.17) is 0 Å². The Labute approximate surface area is 86.0 Å². The lowest BCUT2D eigenvalue weighted by Crippen LogP contribution is -2.12. The smallest absolute Gasteiger partial charge is 0.308 e. The van der Waals surface area contributed by atoms with Gasteiger partial charge in [0.05, 0.1) is 16.2 Å². The minimum Gasteiger partial charge on any atom is -0.316 e. The second kappa shape index (κ2) is 3.05. The summed E-state index contributed by atoms with van der Waals surface area (Å²) in [7, 11) is 0. The second-order valence-corrected chi connectivity index (χ2v) is 2.99. The van der Waals surface area contributed by atoms with Crippen molar-refractivity contribution in [2.24, 2.45) is 0 Å². The molecule has 2 rings (SSSR count). The minimum atomic E-state index is -1.71. The van der Waals surface area contributed by atoms with Crippen molar-refractivity contribution in [2.75, 3.05) is 5.32 Å². The molecule has 0 unspecified atom stereocenters. The zero-order valence-electron chi connectivity index (χ0n) is 7.41. The maximum atomic E-state index is 13.2. The number of halogens is 2. The molecular weight excluding hydrogens is 226 g/mol. The molecule has 0 bridgehead atoms. The van der Waals surface area contributed by atoms with Gasteiger partial charge in [-0.25, -0.2) is 4.39 Å². The van der Waals surface area contributed by atoms with Gasteiger partial charge in [-0.3, -0.25) is 19.7 Å². The Balaban J connectivity index is 2.76. The molecule has 1 amide bonds. The Bertz CT molecular complexity index is 555. The van der Waals surface area contributed by atoms with Crippen molar-refractivity contribution >= 4 is 23.1 Å². The number of nitrogens with one attached hydrogen (secondary N) is 1. The van der Waals surface area contributed by atoms with Gasteiger partial charge in [0.25, 0.3) is 11.7 Å². The molecule has 16 heavy (non-hydrogen) atoms. The lowest BCUT2D eigenvalue weighted by Gasteiger charge is -2.00. The Morgan fingerprint density at radius 1 is 1.25 bits per heavy atom. The van der Waals surface area contributed by atoms with E-state index in [1.54, 1.807) is 5.32 Å². The van der Waals surface area contributed by atoms with Gasteiger partial charge in [0.1, 0.15) is 0 Å². The summed E-state index contributed by atoms with van der Waals surface area (Å²) in [6.45, 7) is 0. The van der Waals surface area contributed by atoms with Crippen LogP contribution in [0.25, 0.3) is 0 Å². The molecule has 6 nitrogen and oxygen atoms in total. The molecule has 8 heteroatoms. The third-order valence-electron chi connectivity index (χ3n) is 2.07. The number of nitro groups is 1. The van der Waals surface area contributed by atoms with Crippen molar-refractivity contribution in [1.29, 1.82) is 0 Å². The molecule has 0 saturated carbocycles. The van der Waals surface area contributed by atoms with Crippen LogP contribution in [0.5, 0.6) is 0 Å². The van der Waals surface area contributed by atoms with Crippen molar-refractivity contribution in [2.45, 2.75) is 0 Å². The molecule has 1 aromatic carbocycles. The van der Waals surface area contributed by atoms with Gasteiger partial charge < -0.3 is 5.32 Å². The first kappa shape index (κ1) is 10.1. The number of hydrogen-bond donors (Lipinski definition) is 1. The van der Waals surface area contributed by atoms with Crippen LogP contribution in [-0.4, -0.2) is 16.6 Å². The van der Waals surface area contributed by atoms with Crippen LogP contribution >= 0.6 is 0 Å². The van der Waals surface area contributed by atoms with Crippen LogP contribution in [0.3, 0.4) is 0 Å². The highest BCUT2D eigenvalue weighted by Crippen LogP contribution is 2.33. The molecule has 1 N–H and O–H groups in total. The number of carbonyl (C=O) groups is 2. The summed E-state index contributed by atoms with van der Waals surface area (Å²) >= 11 is 0. The fraction of sp³-hybridized carbons (Fsp3) is 0. The van der Waals surface area contributed by atoms with Crippen LogP contribution in [-0.2, 0) is 4.79 Å². The molecule has 82 valence electrons. The van der Waals surface area contributed by atoms with E-state index < -0.39 is 45.2 Å². The van der Waals surface area contributed by atoms with Crippen LogP contribution in [0.15, 0.2) is 6.07 Å². The molecular formula is C8H2F2N2O4. The molecule has 1 aliphatic heterocycles. The third-order valence-corrected chi connectivity index (χ3v) is 2.07. The summed E-state index contributed by atoms with van der Waals surface area (Å²) in [6, 6.07) is 0.536. The van der Waals surface area contributed by atoms with Gasteiger partial charge in [0.2, 0.25) is 5.82 Å². The number of carbonyl (C=O) groups excluding carboxylic acids is 2. The first-order chi connectivity index (χ1) is 7.43. The number of nitro benzene ring substituents is 1. The van der Waals surface area contributed by atoms with Gasteiger partial charge in [0, 0.05) is 6.07 Å². The summed E-state index contributed by atoms with van der Waals surface area (Å²) in [5, 5.41) is 12.1. The average Bonchev–Trinajstić information content (AvgIpc) is 2.50. The van der Waals surface area contributed by atoms with Gasteiger partial charge >= 0.3 is 5.69 Å². The molecule has 1 aromatic rings. The van der Waals surface area contributed by atoms with Crippen LogP contribution in [0.2, 0.25) is 0 Å². The van der Waals surface area contributed by atoms with Gasteiger partial charge in [-0.2, -0.15) is 4.39 Å². The van der Waals surface area contributed by atoms with Gasteiger partial charge in [-0.1, -0.05) is 0 Å². The molecule has 0 fully saturated rings. The van der Waals surface area contributed by atoms with Crippen molar-refractivity contribution in [3.05, 3.63) is 33.4 Å². The first-order valence-corrected chi connectivity index (χ1v) is 3.95. The lowest BCUT2D eigenvalue weighted by atomic mass is 10.1. The number of fused-ring (bicyclic) bond motifs is 1. The fourth-order valence-electron chi connectivity index (χ4n) is 1.34. The number of ketones is 1. The van der Waals surface area contributed by atoms with Crippen LogP contribution in [0, 0.1) is 21.7 Å². The monoisotopic (exact) mass is 228 g/mol. The van der Waals surface area contributed by atoms with E-state index in [-0.39, 0.29) is 0 Å². The highest BCUT2D eigenvalue weighted by molar-refractivity contribution is 6.51. The predicted molar refractivity (Wildman–Crippen MR) is 46.0 cm³/mol. The van der Waals surface area contributed by atoms with Crippen molar-refractivity contribution in [3.63, 3.8) is 0 Å². The van der Waals surface area contributed by atoms with Gasteiger partial charge in [0.15, 0.2) is 5.82 Å². The van der Waals surface area contributed by atoms with Crippen molar-refractivity contribution in [1.82, 2.24) is 0 Å². The molecule has 0 spiro atoms. The molecule has 0 atom stereocenters. The first-order valence-electron chi connectivity index (χ1n) is 3.95. The van der Waals surface area contributed by atoms with Crippen molar-refractivity contribution < 1.29 is 23.3 Å². The number of anilines is 1. The van der Waals surface area contributed by atoms with E-state index in [0.29, 0.717) is 6.07 Å². The molecule has 0 saturated heterocycles.